The van der Waals surface area contributed by atoms with Crippen LogP contribution in [0.3, 0.4) is 0 Å². The van der Waals surface area contributed by atoms with Gasteiger partial charge in [0, 0.05) is 10.8 Å². The average Bonchev–Trinajstić information content (AvgIpc) is 3.19. The molecule has 4 fully saturated rings. The molecule has 1 saturated heterocycles. The Morgan fingerprint density at radius 1 is 0.974 bits per heavy atom. The van der Waals surface area contributed by atoms with Crippen LogP contribution in [-0.2, 0) is 14.4 Å². The number of carbonyl (C=O) groups is 3. The monoisotopic (exact) mass is 525 g/mol. The van der Waals surface area contributed by atoms with Crippen LogP contribution in [-0.4, -0.2) is 22.9 Å². The van der Waals surface area contributed by atoms with Crippen molar-refractivity contribution >= 4 is 34.2 Å². The Hall–Kier alpha value is -2.95. The molecule has 5 heteroatoms. The minimum atomic E-state index is -0.736. The molecule has 3 saturated carbocycles. The Balaban J connectivity index is 1.38. The first-order valence-corrected chi connectivity index (χ1v) is 14.9. The summed E-state index contributed by atoms with van der Waals surface area (Å²) in [4.78, 5) is 43.1. The van der Waals surface area contributed by atoms with Gasteiger partial charge >= 0.3 is 5.97 Å². The van der Waals surface area contributed by atoms with E-state index in [2.05, 4.69) is 26.8 Å². The smallest absolute Gasteiger partial charge is 0.309 e. The summed E-state index contributed by atoms with van der Waals surface area (Å²) in [5.74, 6) is -0.828. The van der Waals surface area contributed by atoms with Gasteiger partial charge in [-0.3, -0.25) is 14.4 Å². The number of allylic oxidation sites excluding steroid dienone is 2. The molecule has 0 radical (unpaired) electrons. The van der Waals surface area contributed by atoms with Crippen molar-refractivity contribution in [2.75, 3.05) is 4.90 Å². The Morgan fingerprint density at radius 2 is 1.72 bits per heavy atom. The SMILES string of the molecule is CC(C)C1=CC23CCC4[C@](C)(CCC[C@@]4(C)C(=O)O)C2CC1[C@H]1C(=O)N(c2cccc4ccccc24)C(=O)[C@H]13. The summed E-state index contributed by atoms with van der Waals surface area (Å²) in [7, 11) is 0. The van der Waals surface area contributed by atoms with Crippen LogP contribution in [0.5, 0.6) is 0 Å². The van der Waals surface area contributed by atoms with Crippen molar-refractivity contribution in [2.45, 2.75) is 66.2 Å². The van der Waals surface area contributed by atoms with E-state index in [1.807, 2.05) is 49.4 Å². The largest absolute Gasteiger partial charge is 0.481 e. The number of anilines is 1. The molecule has 1 aliphatic heterocycles. The Labute approximate surface area is 230 Å². The van der Waals surface area contributed by atoms with Crippen LogP contribution in [0.15, 0.2) is 54.1 Å². The van der Waals surface area contributed by atoms with Crippen LogP contribution in [0.4, 0.5) is 5.69 Å². The fourth-order valence-corrected chi connectivity index (χ4v) is 10.6. The maximum absolute atomic E-state index is 14.6. The third-order valence-electron chi connectivity index (χ3n) is 12.2. The minimum absolute atomic E-state index is 0.0342. The molecule has 8 atom stereocenters. The van der Waals surface area contributed by atoms with Gasteiger partial charge in [0.25, 0.3) is 0 Å². The lowest BCUT2D eigenvalue weighted by molar-refractivity contribution is -0.194. The molecule has 2 amide bonds. The first-order chi connectivity index (χ1) is 18.5. The van der Waals surface area contributed by atoms with Crippen LogP contribution in [0.25, 0.3) is 10.8 Å². The molecular formula is C34H39NO4. The summed E-state index contributed by atoms with van der Waals surface area (Å²) in [6, 6.07) is 13.9. The molecule has 6 aliphatic rings. The fraction of sp³-hybridized carbons (Fsp3) is 0.559. The molecule has 1 N–H and O–H groups in total. The van der Waals surface area contributed by atoms with E-state index < -0.39 is 16.8 Å². The number of imide groups is 1. The molecule has 39 heavy (non-hydrogen) atoms. The third kappa shape index (κ3) is 3.00. The van der Waals surface area contributed by atoms with E-state index >= 15 is 0 Å². The van der Waals surface area contributed by atoms with Gasteiger partial charge in [-0.25, -0.2) is 4.90 Å². The van der Waals surface area contributed by atoms with Gasteiger partial charge in [-0.05, 0) is 79.6 Å². The highest BCUT2D eigenvalue weighted by atomic mass is 16.4. The van der Waals surface area contributed by atoms with E-state index in [0.29, 0.717) is 11.6 Å². The van der Waals surface area contributed by atoms with Crippen LogP contribution < -0.4 is 4.90 Å². The first-order valence-electron chi connectivity index (χ1n) is 14.9. The molecule has 0 aromatic heterocycles. The van der Waals surface area contributed by atoms with E-state index in [-0.39, 0.29) is 46.8 Å². The van der Waals surface area contributed by atoms with Gasteiger partial charge in [0.2, 0.25) is 11.8 Å². The van der Waals surface area contributed by atoms with Crippen molar-refractivity contribution in [1.29, 1.82) is 0 Å². The van der Waals surface area contributed by atoms with Crippen molar-refractivity contribution in [3.63, 3.8) is 0 Å². The van der Waals surface area contributed by atoms with E-state index in [4.69, 9.17) is 0 Å². The number of carboxylic acids is 1. The molecule has 5 nitrogen and oxygen atoms in total. The number of carbonyl (C=O) groups excluding carboxylic acids is 2. The number of hydrogen-bond acceptors (Lipinski definition) is 3. The van der Waals surface area contributed by atoms with Gasteiger partial charge in [-0.2, -0.15) is 0 Å². The van der Waals surface area contributed by atoms with Crippen LogP contribution in [0.1, 0.15) is 66.2 Å². The van der Waals surface area contributed by atoms with Gasteiger partial charge < -0.3 is 5.11 Å². The number of amides is 2. The second-order valence-corrected chi connectivity index (χ2v) is 14.0. The Kier molecular flexibility index (Phi) is 5.17. The molecule has 2 bridgehead atoms. The summed E-state index contributed by atoms with van der Waals surface area (Å²) in [5.41, 5.74) is 0.744. The number of rotatable bonds is 3. The standard InChI is InChI=1S/C34H39NO4/c1-19(2)23-18-34-16-13-25-32(3,14-8-15-33(25,4)31(38)39)26(34)17-22(23)27-28(34)30(37)35(29(27)36)24-12-7-10-20-9-5-6-11-21(20)24/h5-7,9-12,18-19,22,25-28H,8,13-17H2,1-4H3,(H,38,39)/t22?,25?,26?,27-,28+,32+,33-,34?/m1/s1. The summed E-state index contributed by atoms with van der Waals surface area (Å²) in [5, 5.41) is 12.3. The minimum Gasteiger partial charge on any atom is -0.481 e. The van der Waals surface area contributed by atoms with Gasteiger partial charge in [0.1, 0.15) is 0 Å². The molecule has 204 valence electrons. The number of nitrogens with zero attached hydrogens (tertiary/aromatic N) is 1. The summed E-state index contributed by atoms with van der Waals surface area (Å²) < 4.78 is 0. The second kappa shape index (κ2) is 8.05. The number of hydrogen-bond donors (Lipinski definition) is 1. The van der Waals surface area contributed by atoms with Crippen molar-refractivity contribution < 1.29 is 19.5 Å². The Morgan fingerprint density at radius 3 is 2.46 bits per heavy atom. The number of benzene rings is 2. The lowest BCUT2D eigenvalue weighted by atomic mass is 9.34. The molecule has 8 rings (SSSR count). The fourth-order valence-electron chi connectivity index (χ4n) is 10.6. The normalized spacial score (nSPS) is 40.9. The predicted molar refractivity (Wildman–Crippen MR) is 151 cm³/mol. The lowest BCUT2D eigenvalue weighted by Crippen LogP contribution is -2.65. The van der Waals surface area contributed by atoms with E-state index in [9.17, 15) is 19.5 Å². The van der Waals surface area contributed by atoms with Gasteiger partial charge in [0.05, 0.1) is 22.9 Å². The predicted octanol–water partition coefficient (Wildman–Crippen LogP) is 6.86. The molecule has 1 heterocycles. The quantitative estimate of drug-likeness (QED) is 0.351. The molecule has 2 aromatic carbocycles. The Bertz CT molecular complexity index is 1450. The summed E-state index contributed by atoms with van der Waals surface area (Å²) >= 11 is 0. The second-order valence-electron chi connectivity index (χ2n) is 14.0. The zero-order valence-electron chi connectivity index (χ0n) is 23.4. The molecule has 4 unspecified atom stereocenters. The van der Waals surface area contributed by atoms with Crippen LogP contribution in [0, 0.1) is 51.8 Å². The van der Waals surface area contributed by atoms with E-state index in [1.165, 1.54) is 10.5 Å². The number of fused-ring (bicyclic) bond motifs is 2. The average molecular weight is 526 g/mol. The molecular weight excluding hydrogens is 486 g/mol. The van der Waals surface area contributed by atoms with Crippen molar-refractivity contribution in [3.8, 4) is 0 Å². The van der Waals surface area contributed by atoms with Crippen molar-refractivity contribution in [3.05, 3.63) is 54.1 Å². The van der Waals surface area contributed by atoms with Gasteiger partial charge in [0.15, 0.2) is 0 Å². The highest BCUT2D eigenvalue weighted by molar-refractivity contribution is 6.25. The van der Waals surface area contributed by atoms with Gasteiger partial charge in [-0.15, -0.1) is 0 Å². The maximum atomic E-state index is 14.6. The highest BCUT2D eigenvalue weighted by Gasteiger charge is 2.73. The van der Waals surface area contributed by atoms with Gasteiger partial charge in [-0.1, -0.05) is 75.2 Å². The van der Waals surface area contributed by atoms with E-state index in [1.54, 1.807) is 0 Å². The summed E-state index contributed by atoms with van der Waals surface area (Å²) in [6.07, 6.45) is 7.53. The van der Waals surface area contributed by atoms with Crippen molar-refractivity contribution in [2.24, 2.45) is 51.8 Å². The highest BCUT2D eigenvalue weighted by Crippen LogP contribution is 2.74. The molecule has 1 spiro atoms. The zero-order chi connectivity index (χ0) is 27.5. The van der Waals surface area contributed by atoms with Crippen LogP contribution >= 0.6 is 0 Å². The van der Waals surface area contributed by atoms with Crippen molar-refractivity contribution in [1.82, 2.24) is 0 Å². The lowest BCUT2D eigenvalue weighted by Gasteiger charge is -2.68. The first kappa shape index (κ1) is 25.0. The number of aliphatic carboxylic acids is 1. The molecule has 5 aliphatic carbocycles. The van der Waals surface area contributed by atoms with E-state index in [0.717, 1.165) is 49.3 Å². The molecule has 2 aromatic rings. The number of carboxylic acid groups (broad SMARTS) is 1. The summed E-state index contributed by atoms with van der Waals surface area (Å²) in [6.45, 7) is 8.71. The zero-order valence-corrected chi connectivity index (χ0v) is 23.4. The third-order valence-corrected chi connectivity index (χ3v) is 12.2. The maximum Gasteiger partial charge on any atom is 0.309 e. The topological polar surface area (TPSA) is 74.7 Å². The van der Waals surface area contributed by atoms with Crippen LogP contribution in [0.2, 0.25) is 0 Å².